The van der Waals surface area contributed by atoms with Crippen molar-refractivity contribution >= 4 is 68.1 Å². The molecular weight excluding hydrogens is 776 g/mol. The van der Waals surface area contributed by atoms with E-state index in [9.17, 15) is 0 Å². The van der Waals surface area contributed by atoms with E-state index in [1.54, 1.807) is 0 Å². The maximum Gasteiger partial charge on any atom is -0.0131 e. The summed E-state index contributed by atoms with van der Waals surface area (Å²) in [7, 11) is 0. The predicted octanol–water partition coefficient (Wildman–Crippen LogP) is 11.5. The second-order valence-corrected chi connectivity index (χ2v) is 20.6. The van der Waals surface area contributed by atoms with Gasteiger partial charge in [-0.15, -0.1) is 0 Å². The van der Waals surface area contributed by atoms with E-state index in [4.69, 9.17) is 9.72 Å². The largest absolute Gasteiger partial charge is 0.0561 e. The van der Waals surface area contributed by atoms with E-state index in [1.165, 1.54) is 46.7 Å². The second-order valence-electron chi connectivity index (χ2n) is 17.5. The molecular formula is C48H50N4OTe. The van der Waals surface area contributed by atoms with Gasteiger partial charge in [-0.05, 0) is 34.1 Å². The van der Waals surface area contributed by atoms with E-state index in [-0.39, 0.29) is 16.2 Å². The molecule has 1 aromatic heterocycles. The summed E-state index contributed by atoms with van der Waals surface area (Å²) in [5.41, 5.74) is 11.1. The molecule has 0 saturated carbocycles. The van der Waals surface area contributed by atoms with Crippen molar-refractivity contribution in [1.29, 1.82) is 0 Å². The summed E-state index contributed by atoms with van der Waals surface area (Å²) >= 11 is -0.586. The molecule has 8 rings (SSSR count). The van der Waals surface area contributed by atoms with Gasteiger partial charge in [0.05, 0.1) is 0 Å². The van der Waals surface area contributed by atoms with Gasteiger partial charge in [-0.25, -0.2) is 0 Å². The molecule has 0 saturated heterocycles. The van der Waals surface area contributed by atoms with Crippen molar-refractivity contribution in [2.24, 2.45) is 0 Å². The van der Waals surface area contributed by atoms with Crippen LogP contribution in [0.2, 0.25) is 0 Å². The van der Waals surface area contributed by atoms with Gasteiger partial charge < -0.3 is 0 Å². The van der Waals surface area contributed by atoms with E-state index >= 15 is 0 Å². The van der Waals surface area contributed by atoms with Gasteiger partial charge in [-0.2, -0.15) is 0 Å². The van der Waals surface area contributed by atoms with Crippen LogP contribution < -0.4 is 26.7 Å². The number of benzene rings is 5. The summed E-state index contributed by atoms with van der Waals surface area (Å²) in [4.78, 5) is 12.1. The number of fused-ring (bicyclic) bond motifs is 3. The molecule has 3 heterocycles. The Hall–Kier alpha value is -4.76. The summed E-state index contributed by atoms with van der Waals surface area (Å²) in [6.07, 6.45) is 1.94. The van der Waals surface area contributed by atoms with E-state index in [2.05, 4.69) is 198 Å². The van der Waals surface area contributed by atoms with Crippen LogP contribution in [0, 0.1) is 0 Å². The smallest absolute Gasteiger partial charge is 0.0131 e. The van der Waals surface area contributed by atoms with Crippen LogP contribution in [0.5, 0.6) is 11.5 Å². The van der Waals surface area contributed by atoms with Crippen molar-refractivity contribution in [2.75, 3.05) is 21.4 Å². The van der Waals surface area contributed by atoms with Gasteiger partial charge in [0.1, 0.15) is 0 Å². The summed E-state index contributed by atoms with van der Waals surface area (Å²) in [6.45, 7) is 21.3. The molecule has 0 amide bonds. The molecule has 2 aliphatic rings. The Kier molecular flexibility index (Phi) is 9.07. The van der Waals surface area contributed by atoms with Crippen LogP contribution in [0.3, 0.4) is 0 Å². The third-order valence-corrected chi connectivity index (χ3v) is 13.6. The fourth-order valence-electron chi connectivity index (χ4n) is 7.19. The number of anilines is 7. The Morgan fingerprint density at radius 3 is 1.76 bits per heavy atom. The van der Waals surface area contributed by atoms with Crippen molar-refractivity contribution < 1.29 is 4.74 Å². The monoisotopic (exact) mass is 828 g/mol. The van der Waals surface area contributed by atoms with Gasteiger partial charge >= 0.3 is 246 Å². The Bertz CT molecular complexity index is 2330. The minimum atomic E-state index is -0.586. The SMILES string of the molecule is CC(C)(C)c1cc(N2CN(c3cccc(Oc4ccc5c(c4)N(c4cc(C(C)(C)C)ccn4)c4ccccc4[Te]5)c3)c3ccccc32)cc(C(C)(C)C)c1. The fraction of sp³-hybridized carbons (Fsp3) is 0.271. The van der Waals surface area contributed by atoms with Crippen LogP contribution in [0.1, 0.15) is 79.0 Å². The molecule has 54 heavy (non-hydrogen) atoms. The molecule has 0 aliphatic carbocycles. The summed E-state index contributed by atoms with van der Waals surface area (Å²) in [6, 6.07) is 44.2. The van der Waals surface area contributed by atoms with Gasteiger partial charge in [0.2, 0.25) is 0 Å². The van der Waals surface area contributed by atoms with E-state index in [1.807, 2.05) is 6.20 Å². The molecule has 6 heteroatoms. The summed E-state index contributed by atoms with van der Waals surface area (Å²) in [5.74, 6) is 2.55. The maximum atomic E-state index is 6.73. The van der Waals surface area contributed by atoms with Gasteiger partial charge in [0.15, 0.2) is 0 Å². The quantitative estimate of drug-likeness (QED) is 0.161. The summed E-state index contributed by atoms with van der Waals surface area (Å²) < 4.78 is 9.52. The topological polar surface area (TPSA) is 31.8 Å². The zero-order valence-electron chi connectivity index (χ0n) is 32.9. The van der Waals surface area contributed by atoms with Crippen LogP contribution in [0.25, 0.3) is 0 Å². The van der Waals surface area contributed by atoms with Crippen molar-refractivity contribution in [3.8, 4) is 11.5 Å². The Morgan fingerprint density at radius 1 is 0.500 bits per heavy atom. The Labute approximate surface area is 331 Å². The maximum absolute atomic E-state index is 6.73. The Balaban J connectivity index is 1.13. The molecule has 2 aliphatic heterocycles. The van der Waals surface area contributed by atoms with Crippen LogP contribution in [-0.2, 0) is 16.2 Å². The number of aromatic nitrogens is 1. The summed E-state index contributed by atoms with van der Waals surface area (Å²) in [5, 5.41) is 0. The van der Waals surface area contributed by atoms with Crippen LogP contribution >= 0.6 is 0 Å². The third-order valence-electron chi connectivity index (χ3n) is 10.4. The first kappa shape index (κ1) is 36.2. The average Bonchev–Trinajstić information content (AvgIpc) is 3.53. The zero-order valence-corrected chi connectivity index (χ0v) is 35.3. The van der Waals surface area contributed by atoms with Gasteiger partial charge in [-0.3, -0.25) is 0 Å². The van der Waals surface area contributed by atoms with Crippen molar-refractivity contribution in [3.05, 3.63) is 144 Å². The van der Waals surface area contributed by atoms with Crippen LogP contribution in [0.15, 0.2) is 128 Å². The molecule has 0 bridgehead atoms. The number of hydrogen-bond donors (Lipinski definition) is 0. The number of rotatable bonds is 5. The van der Waals surface area contributed by atoms with Gasteiger partial charge in [-0.1, -0.05) is 53.7 Å². The van der Waals surface area contributed by atoms with E-state index in [0.717, 1.165) is 28.7 Å². The van der Waals surface area contributed by atoms with E-state index < -0.39 is 20.9 Å². The van der Waals surface area contributed by atoms with E-state index in [0.29, 0.717) is 6.67 Å². The van der Waals surface area contributed by atoms with Crippen LogP contribution in [0.4, 0.5) is 39.9 Å². The second kappa shape index (κ2) is 13.5. The number of hydrogen-bond acceptors (Lipinski definition) is 5. The van der Waals surface area contributed by atoms with Crippen LogP contribution in [-0.4, -0.2) is 32.6 Å². The molecule has 6 aromatic rings. The molecule has 0 unspecified atom stereocenters. The van der Waals surface area contributed by atoms with Crippen molar-refractivity contribution in [2.45, 2.75) is 78.6 Å². The minimum absolute atomic E-state index is 0.0126. The van der Waals surface area contributed by atoms with Crippen molar-refractivity contribution in [1.82, 2.24) is 4.98 Å². The van der Waals surface area contributed by atoms with Crippen molar-refractivity contribution in [3.63, 3.8) is 0 Å². The van der Waals surface area contributed by atoms with Gasteiger partial charge in [0, 0.05) is 0 Å². The number of ether oxygens (including phenoxy) is 1. The molecule has 5 aromatic carbocycles. The predicted molar refractivity (Wildman–Crippen MR) is 229 cm³/mol. The van der Waals surface area contributed by atoms with Gasteiger partial charge in [0.25, 0.3) is 0 Å². The first-order valence-electron chi connectivity index (χ1n) is 18.9. The molecule has 5 nitrogen and oxygen atoms in total. The first-order valence-corrected chi connectivity index (χ1v) is 21.2. The standard InChI is InChI=1S/C48H50N4OTe/c1-46(2,3)32-23-24-49-45(28-32)52-41-19-12-13-20-43(41)54-44-22-21-38(30-42(44)52)53-37-16-14-15-35(29-37)50-31-51(40-18-11-10-17-39(40)50)36-26-33(47(4,5)6)25-34(27-36)48(7,8)9/h10-30H,31H2,1-9H3. The normalized spacial score (nSPS) is 14.1. The minimum Gasteiger partial charge on any atom is -0.0561 e. The fourth-order valence-corrected chi connectivity index (χ4v) is 10.2. The molecule has 0 radical (unpaired) electrons. The number of pyridine rings is 1. The average molecular weight is 827 g/mol. The molecule has 0 fully saturated rings. The zero-order chi connectivity index (χ0) is 38.0. The Morgan fingerprint density at radius 2 is 1.09 bits per heavy atom. The first-order chi connectivity index (χ1) is 25.6. The molecule has 274 valence electrons. The third kappa shape index (κ3) is 6.99. The molecule has 0 spiro atoms. The molecule has 0 atom stereocenters. The number of para-hydroxylation sites is 3. The number of nitrogens with zero attached hydrogens (tertiary/aromatic N) is 4. The molecule has 0 N–H and O–H groups in total.